The molecule has 0 radical (unpaired) electrons. The average Bonchev–Trinajstić information content (AvgIpc) is 2.97. The normalized spacial score (nSPS) is 14.6. The van der Waals surface area contributed by atoms with Crippen molar-refractivity contribution in [1.82, 2.24) is 8.87 Å². The molecule has 0 spiro atoms. The Labute approximate surface area is 249 Å². The van der Waals surface area contributed by atoms with Crippen molar-refractivity contribution in [3.8, 4) is 0 Å². The number of carbonyl (C=O) groups is 1. The molecule has 3 aromatic carbocycles. The van der Waals surface area contributed by atoms with Crippen LogP contribution in [0.3, 0.4) is 0 Å². The molecule has 1 aliphatic heterocycles. The van der Waals surface area contributed by atoms with E-state index in [1.807, 2.05) is 18.2 Å². The van der Waals surface area contributed by atoms with Gasteiger partial charge in [-0.05, 0) is 72.7 Å². The van der Waals surface area contributed by atoms with Crippen molar-refractivity contribution in [2.75, 3.05) is 18.4 Å². The van der Waals surface area contributed by atoms with Crippen molar-refractivity contribution in [2.24, 2.45) is 5.92 Å². The zero-order valence-electron chi connectivity index (χ0n) is 22.2. The van der Waals surface area contributed by atoms with E-state index in [-0.39, 0.29) is 22.6 Å². The molecule has 1 fully saturated rings. The van der Waals surface area contributed by atoms with Gasteiger partial charge in [-0.1, -0.05) is 65.7 Å². The first-order valence-corrected chi connectivity index (χ1v) is 15.5. The number of hydrogen-bond acceptors (Lipinski definition) is 4. The van der Waals surface area contributed by atoms with Gasteiger partial charge >= 0.3 is 0 Å². The number of rotatable bonds is 8. The Morgan fingerprint density at radius 1 is 0.854 bits per heavy atom. The van der Waals surface area contributed by atoms with E-state index < -0.39 is 15.9 Å². The number of amides is 1. The highest BCUT2D eigenvalue weighted by Crippen LogP contribution is 2.27. The summed E-state index contributed by atoms with van der Waals surface area (Å²) < 4.78 is 29.8. The van der Waals surface area contributed by atoms with E-state index in [1.165, 1.54) is 44.9 Å². The molecule has 1 saturated heterocycles. The number of hydrogen-bond donors (Lipinski definition) is 1. The van der Waals surface area contributed by atoms with Gasteiger partial charge in [0.25, 0.3) is 11.5 Å². The highest BCUT2D eigenvalue weighted by Gasteiger charge is 2.30. The molecule has 0 unspecified atom stereocenters. The first-order valence-electron chi connectivity index (χ1n) is 13.3. The number of nitrogens with one attached hydrogen (secondary N) is 1. The number of nitrogens with zero attached hydrogens (tertiary/aromatic N) is 2. The Kier molecular flexibility index (Phi) is 8.94. The van der Waals surface area contributed by atoms with Crippen LogP contribution in [0.15, 0.2) is 101 Å². The summed E-state index contributed by atoms with van der Waals surface area (Å²) in [6, 6.07) is 24.2. The minimum Gasteiger partial charge on any atom is -0.321 e. The van der Waals surface area contributed by atoms with Gasteiger partial charge in [-0.3, -0.25) is 9.59 Å². The second-order valence-electron chi connectivity index (χ2n) is 10.2. The molecular formula is C31H29Cl2N3O4S. The van der Waals surface area contributed by atoms with Crippen LogP contribution in [0, 0.1) is 5.92 Å². The van der Waals surface area contributed by atoms with Gasteiger partial charge in [0.15, 0.2) is 0 Å². The molecule has 10 heteroatoms. The van der Waals surface area contributed by atoms with Gasteiger partial charge in [-0.2, -0.15) is 4.31 Å². The topological polar surface area (TPSA) is 88.5 Å². The molecule has 212 valence electrons. The van der Waals surface area contributed by atoms with Crippen LogP contribution >= 0.6 is 23.2 Å². The largest absolute Gasteiger partial charge is 0.321 e. The van der Waals surface area contributed by atoms with Gasteiger partial charge in [0.2, 0.25) is 10.0 Å². The summed E-state index contributed by atoms with van der Waals surface area (Å²) in [5.41, 5.74) is 2.37. The quantitative estimate of drug-likeness (QED) is 0.261. The van der Waals surface area contributed by atoms with Gasteiger partial charge in [0, 0.05) is 30.9 Å². The number of pyridine rings is 1. The Morgan fingerprint density at radius 3 is 2.34 bits per heavy atom. The first kappa shape index (κ1) is 29.1. The summed E-state index contributed by atoms with van der Waals surface area (Å²) in [5, 5.41) is 3.56. The lowest BCUT2D eigenvalue weighted by atomic mass is 9.91. The number of piperidine rings is 1. The summed E-state index contributed by atoms with van der Waals surface area (Å²) in [4.78, 5) is 25.6. The standard InChI is InChI=1S/C31H29Cl2N3O4S/c32-28-11-9-24(18-29(28)33)20-35-21-26(10-12-30(35)37)34-31(38)25-7-4-8-27(19-25)41(39,40)36-15-13-23(14-16-36)17-22-5-2-1-3-6-22/h1-12,18-19,21,23H,13-17,20H2,(H,34,38). The van der Waals surface area contributed by atoms with Crippen LogP contribution in [-0.2, 0) is 23.0 Å². The molecular weight excluding hydrogens is 581 g/mol. The predicted molar refractivity (Wildman–Crippen MR) is 162 cm³/mol. The fraction of sp³-hybridized carbons (Fsp3) is 0.226. The Hall–Kier alpha value is -3.43. The van der Waals surface area contributed by atoms with Crippen molar-refractivity contribution in [3.63, 3.8) is 0 Å². The van der Waals surface area contributed by atoms with Crippen molar-refractivity contribution in [1.29, 1.82) is 0 Å². The Morgan fingerprint density at radius 2 is 1.61 bits per heavy atom. The number of benzene rings is 3. The SMILES string of the molecule is O=C(Nc1ccc(=O)n(Cc2ccc(Cl)c(Cl)c2)c1)c1cccc(S(=O)(=O)N2CCC(Cc3ccccc3)CC2)c1. The van der Waals surface area contributed by atoms with E-state index in [9.17, 15) is 18.0 Å². The van der Waals surface area contributed by atoms with Crippen molar-refractivity contribution in [3.05, 3.63) is 128 Å². The molecule has 1 N–H and O–H groups in total. The van der Waals surface area contributed by atoms with Crippen LogP contribution in [0.25, 0.3) is 0 Å². The molecule has 7 nitrogen and oxygen atoms in total. The molecule has 0 saturated carbocycles. The fourth-order valence-corrected chi connectivity index (χ4v) is 6.85. The van der Waals surface area contributed by atoms with Crippen LogP contribution < -0.4 is 10.9 Å². The maximum atomic E-state index is 13.4. The maximum Gasteiger partial charge on any atom is 0.255 e. The fourth-order valence-electron chi connectivity index (χ4n) is 5.01. The van der Waals surface area contributed by atoms with Crippen molar-refractivity contribution >= 4 is 44.8 Å². The lowest BCUT2D eigenvalue weighted by Crippen LogP contribution is -2.38. The second kappa shape index (κ2) is 12.6. The van der Waals surface area contributed by atoms with E-state index in [0.29, 0.717) is 34.7 Å². The highest BCUT2D eigenvalue weighted by molar-refractivity contribution is 7.89. The van der Waals surface area contributed by atoms with Gasteiger partial charge in [-0.25, -0.2) is 8.42 Å². The zero-order chi connectivity index (χ0) is 29.0. The van der Waals surface area contributed by atoms with E-state index >= 15 is 0 Å². The third-order valence-electron chi connectivity index (χ3n) is 7.25. The van der Waals surface area contributed by atoms with Gasteiger partial charge < -0.3 is 9.88 Å². The number of aromatic nitrogens is 1. The molecule has 2 heterocycles. The van der Waals surface area contributed by atoms with Crippen LogP contribution in [0.1, 0.15) is 34.3 Å². The Balaban J connectivity index is 1.25. The number of anilines is 1. The molecule has 0 atom stereocenters. The Bertz CT molecular complexity index is 1720. The van der Waals surface area contributed by atoms with Gasteiger partial charge in [-0.15, -0.1) is 0 Å². The summed E-state index contributed by atoms with van der Waals surface area (Å²) in [5.74, 6) is -0.0516. The molecule has 5 rings (SSSR count). The van der Waals surface area contributed by atoms with E-state index in [1.54, 1.807) is 30.3 Å². The zero-order valence-corrected chi connectivity index (χ0v) is 24.5. The summed E-state index contributed by atoms with van der Waals surface area (Å²) >= 11 is 12.1. The highest BCUT2D eigenvalue weighted by atomic mass is 35.5. The average molecular weight is 611 g/mol. The minimum absolute atomic E-state index is 0.0799. The molecule has 0 aliphatic carbocycles. The van der Waals surface area contributed by atoms with Crippen LogP contribution in [0.2, 0.25) is 10.0 Å². The van der Waals surface area contributed by atoms with Crippen molar-refractivity contribution < 1.29 is 13.2 Å². The monoisotopic (exact) mass is 609 g/mol. The van der Waals surface area contributed by atoms with Crippen LogP contribution in [0.4, 0.5) is 5.69 Å². The summed E-state index contributed by atoms with van der Waals surface area (Å²) in [7, 11) is -3.75. The molecule has 41 heavy (non-hydrogen) atoms. The van der Waals surface area contributed by atoms with Gasteiger partial charge in [0.05, 0.1) is 27.2 Å². The molecule has 4 aromatic rings. The number of sulfonamides is 1. The third kappa shape index (κ3) is 7.08. The molecule has 1 aromatic heterocycles. The van der Waals surface area contributed by atoms with E-state index in [4.69, 9.17) is 23.2 Å². The number of carbonyl (C=O) groups excluding carboxylic acids is 1. The maximum absolute atomic E-state index is 13.4. The smallest absolute Gasteiger partial charge is 0.255 e. The van der Waals surface area contributed by atoms with Gasteiger partial charge in [0.1, 0.15) is 0 Å². The molecule has 1 amide bonds. The van der Waals surface area contributed by atoms with Crippen LogP contribution in [0.5, 0.6) is 0 Å². The van der Waals surface area contributed by atoms with Crippen molar-refractivity contribution in [2.45, 2.75) is 30.7 Å². The second-order valence-corrected chi connectivity index (χ2v) is 12.9. The molecule has 0 bridgehead atoms. The first-order chi connectivity index (χ1) is 19.7. The third-order valence-corrected chi connectivity index (χ3v) is 9.89. The van der Waals surface area contributed by atoms with E-state index in [2.05, 4.69) is 17.4 Å². The molecule has 1 aliphatic rings. The number of halogens is 2. The predicted octanol–water partition coefficient (Wildman–Crippen LogP) is 6.10. The summed E-state index contributed by atoms with van der Waals surface area (Å²) in [6.45, 7) is 1.11. The van der Waals surface area contributed by atoms with Crippen LogP contribution in [-0.4, -0.2) is 36.3 Å². The lowest BCUT2D eigenvalue weighted by Gasteiger charge is -2.31. The van der Waals surface area contributed by atoms with E-state index in [0.717, 1.165) is 24.8 Å². The lowest BCUT2D eigenvalue weighted by molar-refractivity contribution is 0.102. The summed E-state index contributed by atoms with van der Waals surface area (Å²) in [6.07, 6.45) is 4.03. The minimum atomic E-state index is -3.75.